The van der Waals surface area contributed by atoms with Crippen molar-refractivity contribution in [3.63, 3.8) is 0 Å². The van der Waals surface area contributed by atoms with Crippen LogP contribution in [0.1, 0.15) is 36.8 Å². The van der Waals surface area contributed by atoms with Gasteiger partial charge in [0.05, 0.1) is 12.7 Å². The van der Waals surface area contributed by atoms with Gasteiger partial charge in [-0.15, -0.1) is 0 Å². The summed E-state index contributed by atoms with van der Waals surface area (Å²) in [6.07, 6.45) is 4.11. The van der Waals surface area contributed by atoms with Gasteiger partial charge in [0, 0.05) is 12.1 Å². The summed E-state index contributed by atoms with van der Waals surface area (Å²) < 4.78 is 5.39. The zero-order valence-electron chi connectivity index (χ0n) is 12.0. The molecule has 0 radical (unpaired) electrons. The summed E-state index contributed by atoms with van der Waals surface area (Å²) in [5, 5.41) is 11.1. The largest absolute Gasteiger partial charge is 0.496 e. The standard InChI is InChI=1S/C16H23NO2/c1-11-4-5-12(8-15(11)19-3)16(18)9-13-6-7-14(10-16)17(13)2/h4-5,8,13-14,18H,6-7,9-10H2,1-3H3. The Hall–Kier alpha value is -1.06. The van der Waals surface area contributed by atoms with Crippen LogP contribution in [-0.2, 0) is 5.60 Å². The first-order valence-electron chi connectivity index (χ1n) is 7.13. The second-order valence-electron chi connectivity index (χ2n) is 6.17. The Balaban J connectivity index is 1.93. The number of nitrogens with zero attached hydrogens (tertiary/aromatic N) is 1. The fourth-order valence-electron chi connectivity index (χ4n) is 3.79. The van der Waals surface area contributed by atoms with Crippen molar-refractivity contribution < 1.29 is 9.84 Å². The molecule has 0 amide bonds. The molecule has 19 heavy (non-hydrogen) atoms. The molecule has 3 heteroatoms. The molecule has 104 valence electrons. The first kappa shape index (κ1) is 12.9. The number of methoxy groups -OCH3 is 1. The van der Waals surface area contributed by atoms with Gasteiger partial charge in [-0.1, -0.05) is 12.1 Å². The highest BCUT2D eigenvalue weighted by Gasteiger charge is 2.46. The number of piperidine rings is 1. The number of benzene rings is 1. The van der Waals surface area contributed by atoms with Crippen LogP contribution in [0.3, 0.4) is 0 Å². The minimum Gasteiger partial charge on any atom is -0.496 e. The minimum absolute atomic E-state index is 0.524. The maximum absolute atomic E-state index is 11.1. The Kier molecular flexibility index (Phi) is 3.06. The fraction of sp³-hybridized carbons (Fsp3) is 0.625. The lowest BCUT2D eigenvalue weighted by molar-refractivity contribution is -0.0494. The van der Waals surface area contributed by atoms with Gasteiger partial charge in [-0.05, 0) is 56.8 Å². The van der Waals surface area contributed by atoms with E-state index in [4.69, 9.17) is 4.74 Å². The molecule has 2 bridgehead atoms. The predicted octanol–water partition coefficient (Wildman–Crippen LogP) is 2.45. The molecule has 2 aliphatic heterocycles. The van der Waals surface area contributed by atoms with Gasteiger partial charge >= 0.3 is 0 Å². The van der Waals surface area contributed by atoms with Crippen molar-refractivity contribution in [1.82, 2.24) is 4.90 Å². The fourth-order valence-corrected chi connectivity index (χ4v) is 3.79. The Morgan fingerprint density at radius 2 is 1.89 bits per heavy atom. The van der Waals surface area contributed by atoms with E-state index in [0.717, 1.165) is 29.7 Å². The van der Waals surface area contributed by atoms with Crippen LogP contribution in [0.5, 0.6) is 5.75 Å². The first-order valence-corrected chi connectivity index (χ1v) is 7.13. The summed E-state index contributed by atoms with van der Waals surface area (Å²) in [4.78, 5) is 2.44. The molecule has 1 aromatic rings. The van der Waals surface area contributed by atoms with Crippen molar-refractivity contribution in [3.05, 3.63) is 29.3 Å². The predicted molar refractivity (Wildman–Crippen MR) is 75.4 cm³/mol. The van der Waals surface area contributed by atoms with Crippen molar-refractivity contribution in [1.29, 1.82) is 0 Å². The zero-order chi connectivity index (χ0) is 13.6. The molecular weight excluding hydrogens is 238 g/mol. The van der Waals surface area contributed by atoms with Crippen molar-refractivity contribution in [3.8, 4) is 5.75 Å². The van der Waals surface area contributed by atoms with Crippen molar-refractivity contribution in [2.45, 2.75) is 50.3 Å². The lowest BCUT2D eigenvalue weighted by Crippen LogP contribution is -2.47. The van der Waals surface area contributed by atoms with Crippen molar-refractivity contribution >= 4 is 0 Å². The van der Waals surface area contributed by atoms with Gasteiger partial charge in [0.15, 0.2) is 0 Å². The molecule has 2 unspecified atom stereocenters. The van der Waals surface area contributed by atoms with Crippen LogP contribution in [0.2, 0.25) is 0 Å². The lowest BCUT2D eigenvalue weighted by atomic mass is 9.80. The molecule has 2 atom stereocenters. The number of ether oxygens (including phenoxy) is 1. The molecule has 2 heterocycles. The summed E-state index contributed by atoms with van der Waals surface area (Å²) in [7, 11) is 3.88. The Morgan fingerprint density at radius 1 is 1.26 bits per heavy atom. The molecule has 2 fully saturated rings. The van der Waals surface area contributed by atoms with Gasteiger partial charge in [-0.25, -0.2) is 0 Å². The van der Waals surface area contributed by atoms with Crippen LogP contribution in [-0.4, -0.2) is 36.2 Å². The summed E-state index contributed by atoms with van der Waals surface area (Å²) in [6, 6.07) is 7.17. The van der Waals surface area contributed by atoms with Gasteiger partial charge in [0.2, 0.25) is 0 Å². The molecule has 0 aliphatic carbocycles. The summed E-state index contributed by atoms with van der Waals surface area (Å²) in [5.74, 6) is 0.872. The second-order valence-corrected chi connectivity index (χ2v) is 6.17. The Labute approximate surface area is 115 Å². The lowest BCUT2D eigenvalue weighted by Gasteiger charge is -2.42. The van der Waals surface area contributed by atoms with E-state index in [-0.39, 0.29) is 0 Å². The first-order chi connectivity index (χ1) is 9.03. The molecule has 0 aromatic heterocycles. The van der Waals surface area contributed by atoms with Gasteiger partial charge in [0.1, 0.15) is 5.75 Å². The average Bonchev–Trinajstić information content (AvgIpc) is 2.63. The number of hydrogen-bond acceptors (Lipinski definition) is 3. The number of aliphatic hydroxyl groups is 1. The molecule has 1 aromatic carbocycles. The van der Waals surface area contributed by atoms with E-state index in [9.17, 15) is 5.11 Å². The van der Waals surface area contributed by atoms with E-state index in [1.807, 2.05) is 19.1 Å². The molecule has 2 saturated heterocycles. The highest BCUT2D eigenvalue weighted by atomic mass is 16.5. The maximum atomic E-state index is 11.1. The minimum atomic E-state index is -0.681. The van der Waals surface area contributed by atoms with Crippen LogP contribution in [0, 0.1) is 6.92 Å². The van der Waals surface area contributed by atoms with Gasteiger partial charge in [-0.3, -0.25) is 0 Å². The summed E-state index contributed by atoms with van der Waals surface area (Å²) in [6.45, 7) is 2.03. The molecule has 0 spiro atoms. The third-order valence-electron chi connectivity index (χ3n) is 5.08. The van der Waals surface area contributed by atoms with Gasteiger partial charge in [-0.2, -0.15) is 0 Å². The molecule has 2 aliphatic rings. The Morgan fingerprint density at radius 3 is 2.47 bits per heavy atom. The van der Waals surface area contributed by atoms with E-state index in [0.29, 0.717) is 12.1 Å². The normalized spacial score (nSPS) is 34.5. The van der Waals surface area contributed by atoms with Gasteiger partial charge in [0.25, 0.3) is 0 Å². The van der Waals surface area contributed by atoms with Crippen LogP contribution in [0.15, 0.2) is 18.2 Å². The number of hydrogen-bond donors (Lipinski definition) is 1. The summed E-state index contributed by atoms with van der Waals surface area (Å²) in [5.41, 5.74) is 1.45. The van der Waals surface area contributed by atoms with E-state index < -0.39 is 5.60 Å². The maximum Gasteiger partial charge on any atom is 0.122 e. The quantitative estimate of drug-likeness (QED) is 0.887. The number of rotatable bonds is 2. The second kappa shape index (κ2) is 4.50. The molecular formula is C16H23NO2. The smallest absolute Gasteiger partial charge is 0.122 e. The van der Waals surface area contributed by atoms with Gasteiger partial charge < -0.3 is 14.7 Å². The molecule has 3 rings (SSSR count). The van der Waals surface area contributed by atoms with E-state index in [2.05, 4.69) is 18.0 Å². The van der Waals surface area contributed by atoms with E-state index in [1.165, 1.54) is 12.8 Å². The molecule has 3 nitrogen and oxygen atoms in total. The number of aryl methyl sites for hydroxylation is 1. The Bertz CT molecular complexity index is 472. The highest BCUT2D eigenvalue weighted by Crippen LogP contribution is 2.45. The van der Waals surface area contributed by atoms with Crippen molar-refractivity contribution in [2.75, 3.05) is 14.2 Å². The monoisotopic (exact) mass is 261 g/mol. The topological polar surface area (TPSA) is 32.7 Å². The summed E-state index contributed by atoms with van der Waals surface area (Å²) >= 11 is 0. The van der Waals surface area contributed by atoms with Crippen LogP contribution in [0.4, 0.5) is 0 Å². The van der Waals surface area contributed by atoms with Crippen LogP contribution < -0.4 is 4.74 Å². The van der Waals surface area contributed by atoms with Crippen molar-refractivity contribution in [2.24, 2.45) is 0 Å². The van der Waals surface area contributed by atoms with Crippen LogP contribution >= 0.6 is 0 Å². The van der Waals surface area contributed by atoms with Crippen LogP contribution in [0.25, 0.3) is 0 Å². The third-order valence-corrected chi connectivity index (χ3v) is 5.08. The average molecular weight is 261 g/mol. The molecule has 1 N–H and O–H groups in total. The SMILES string of the molecule is COc1cc(C2(O)CC3CCC(C2)N3C)ccc1C. The third kappa shape index (κ3) is 2.05. The zero-order valence-corrected chi connectivity index (χ0v) is 12.0. The highest BCUT2D eigenvalue weighted by molar-refractivity contribution is 5.39. The van der Waals surface area contributed by atoms with E-state index in [1.54, 1.807) is 7.11 Å². The molecule has 0 saturated carbocycles. The van der Waals surface area contributed by atoms with E-state index >= 15 is 0 Å². The number of fused-ring (bicyclic) bond motifs is 2.